The molecule has 15 heavy (non-hydrogen) atoms. The number of aromatic nitrogens is 1. The Balaban J connectivity index is 3.33. The predicted octanol–water partition coefficient (Wildman–Crippen LogP) is 2.72. The third kappa shape index (κ3) is 2.48. The van der Waals surface area contributed by atoms with E-state index in [1.807, 2.05) is 6.07 Å². The maximum Gasteiger partial charge on any atom is 0.281 e. The molecule has 0 aromatic carbocycles. The second kappa shape index (κ2) is 4.81. The zero-order valence-electron chi connectivity index (χ0n) is 7.34. The first-order chi connectivity index (χ1) is 7.10. The third-order valence-corrected chi connectivity index (χ3v) is 2.34. The van der Waals surface area contributed by atoms with Crippen molar-refractivity contribution in [1.82, 2.24) is 4.98 Å². The van der Waals surface area contributed by atoms with E-state index in [4.69, 9.17) is 10.5 Å². The van der Waals surface area contributed by atoms with Gasteiger partial charge in [0.2, 0.25) is 0 Å². The van der Waals surface area contributed by atoms with Crippen molar-refractivity contribution in [1.29, 1.82) is 10.5 Å². The lowest BCUT2D eigenvalue weighted by molar-refractivity contribution is 0.145. The van der Waals surface area contributed by atoms with Crippen LogP contribution in [0.1, 0.15) is 23.4 Å². The van der Waals surface area contributed by atoms with E-state index < -0.39 is 12.1 Å². The molecule has 0 saturated heterocycles. The molecular weight excluding hydrogens is 268 g/mol. The van der Waals surface area contributed by atoms with Crippen molar-refractivity contribution < 1.29 is 8.78 Å². The summed E-state index contributed by atoms with van der Waals surface area (Å²) in [7, 11) is 0. The Morgan fingerprint density at radius 1 is 1.47 bits per heavy atom. The molecule has 0 aliphatic heterocycles. The Morgan fingerprint density at radius 2 is 2.13 bits per heavy atom. The van der Waals surface area contributed by atoms with Gasteiger partial charge in [0.15, 0.2) is 0 Å². The summed E-state index contributed by atoms with van der Waals surface area (Å²) in [4.78, 5) is 3.59. The van der Waals surface area contributed by atoms with Crippen LogP contribution < -0.4 is 0 Å². The summed E-state index contributed by atoms with van der Waals surface area (Å²) >= 11 is 3.06. The lowest BCUT2D eigenvalue weighted by Crippen LogP contribution is -2.00. The van der Waals surface area contributed by atoms with Crippen LogP contribution in [0, 0.1) is 22.7 Å². The summed E-state index contributed by atoms with van der Waals surface area (Å²) in [5.74, 6) is 0. The van der Waals surface area contributed by atoms with Crippen molar-refractivity contribution in [3.8, 4) is 12.1 Å². The van der Waals surface area contributed by atoms with E-state index in [0.29, 0.717) is 4.47 Å². The highest BCUT2D eigenvalue weighted by atomic mass is 79.9. The van der Waals surface area contributed by atoms with Crippen molar-refractivity contribution >= 4 is 15.9 Å². The van der Waals surface area contributed by atoms with Crippen LogP contribution in [0.4, 0.5) is 8.78 Å². The highest BCUT2D eigenvalue weighted by Crippen LogP contribution is 2.25. The monoisotopic (exact) mass is 271 g/mol. The number of hydrogen-bond donors (Lipinski definition) is 0. The van der Waals surface area contributed by atoms with Crippen LogP contribution in [0.25, 0.3) is 0 Å². The Bertz CT molecular complexity index is 460. The smallest absolute Gasteiger partial charge is 0.248 e. The van der Waals surface area contributed by atoms with Crippen molar-refractivity contribution in [3.05, 3.63) is 27.5 Å². The molecule has 3 nitrogen and oxygen atoms in total. The van der Waals surface area contributed by atoms with Crippen LogP contribution in [-0.4, -0.2) is 4.98 Å². The first-order valence-electron chi connectivity index (χ1n) is 3.84. The minimum absolute atomic E-state index is 0.0774. The molecule has 1 aromatic heterocycles. The van der Waals surface area contributed by atoms with Gasteiger partial charge in [-0.2, -0.15) is 10.5 Å². The quantitative estimate of drug-likeness (QED) is 0.831. The molecule has 6 heteroatoms. The molecule has 76 valence electrons. The van der Waals surface area contributed by atoms with E-state index in [1.165, 1.54) is 6.07 Å². The molecule has 0 fully saturated rings. The molecule has 0 amide bonds. The van der Waals surface area contributed by atoms with Crippen LogP contribution in [0.2, 0.25) is 0 Å². The fourth-order valence-electron chi connectivity index (χ4n) is 0.998. The van der Waals surface area contributed by atoms with E-state index in [9.17, 15) is 8.78 Å². The van der Waals surface area contributed by atoms with Crippen LogP contribution in [-0.2, 0) is 6.42 Å². The number of rotatable bonds is 2. The second-order valence-electron chi connectivity index (χ2n) is 2.60. The number of alkyl halides is 2. The molecular formula is C9H4BrF2N3. The van der Waals surface area contributed by atoms with Crippen molar-refractivity contribution in [2.75, 3.05) is 0 Å². The highest BCUT2D eigenvalue weighted by molar-refractivity contribution is 9.10. The van der Waals surface area contributed by atoms with E-state index in [0.717, 1.165) is 0 Å². The van der Waals surface area contributed by atoms with E-state index in [1.54, 1.807) is 6.07 Å². The number of hydrogen-bond acceptors (Lipinski definition) is 3. The SMILES string of the molecule is N#CCc1nc(C(F)F)c(C#N)cc1Br. The average Bonchev–Trinajstić information content (AvgIpc) is 2.20. The van der Waals surface area contributed by atoms with Crippen molar-refractivity contribution in [2.24, 2.45) is 0 Å². The van der Waals surface area contributed by atoms with Gasteiger partial charge >= 0.3 is 0 Å². The molecule has 0 unspecified atom stereocenters. The number of pyridine rings is 1. The average molecular weight is 272 g/mol. The zero-order chi connectivity index (χ0) is 11.4. The van der Waals surface area contributed by atoms with Crippen molar-refractivity contribution in [2.45, 2.75) is 12.8 Å². The first kappa shape index (κ1) is 11.5. The molecule has 1 rings (SSSR count). The van der Waals surface area contributed by atoms with E-state index in [-0.39, 0.29) is 17.7 Å². The third-order valence-electron chi connectivity index (χ3n) is 1.65. The van der Waals surface area contributed by atoms with Crippen LogP contribution in [0.5, 0.6) is 0 Å². The van der Waals surface area contributed by atoms with Crippen LogP contribution >= 0.6 is 15.9 Å². The largest absolute Gasteiger partial charge is 0.281 e. The number of nitriles is 2. The summed E-state index contributed by atoms with van der Waals surface area (Å²) < 4.78 is 25.3. The van der Waals surface area contributed by atoms with E-state index in [2.05, 4.69) is 20.9 Å². The zero-order valence-corrected chi connectivity index (χ0v) is 8.92. The summed E-state index contributed by atoms with van der Waals surface area (Å²) in [6.07, 6.45) is -2.89. The van der Waals surface area contributed by atoms with Gasteiger partial charge in [0, 0.05) is 4.47 Å². The van der Waals surface area contributed by atoms with E-state index >= 15 is 0 Å². The molecule has 0 spiro atoms. The molecule has 0 aliphatic rings. The Morgan fingerprint density at radius 3 is 2.60 bits per heavy atom. The maximum atomic E-state index is 12.5. The summed E-state index contributed by atoms with van der Waals surface area (Å²) in [6.45, 7) is 0. The van der Waals surface area contributed by atoms with Gasteiger partial charge < -0.3 is 0 Å². The van der Waals surface area contributed by atoms with Gasteiger partial charge in [0.1, 0.15) is 11.8 Å². The van der Waals surface area contributed by atoms with Gasteiger partial charge in [0.05, 0.1) is 23.7 Å². The topological polar surface area (TPSA) is 60.5 Å². The van der Waals surface area contributed by atoms with Crippen LogP contribution in [0.15, 0.2) is 10.5 Å². The first-order valence-corrected chi connectivity index (χ1v) is 4.64. The minimum atomic E-state index is -2.81. The molecule has 1 aromatic rings. The summed E-state index contributed by atoms with van der Waals surface area (Å²) in [6, 6.07) is 4.69. The Labute approximate surface area is 93.1 Å². The molecule has 0 saturated carbocycles. The Hall–Kier alpha value is -1.53. The molecule has 0 bridgehead atoms. The fraction of sp³-hybridized carbons (Fsp3) is 0.222. The predicted molar refractivity (Wildman–Crippen MR) is 50.9 cm³/mol. The standard InChI is InChI=1S/C9H4BrF2N3/c10-6-3-5(4-14)8(9(11)12)15-7(6)1-2-13/h3,9H,1H2. The van der Waals surface area contributed by atoms with Gasteiger partial charge in [-0.25, -0.2) is 13.8 Å². The van der Waals surface area contributed by atoms with Gasteiger partial charge in [-0.3, -0.25) is 0 Å². The van der Waals surface area contributed by atoms with Crippen molar-refractivity contribution in [3.63, 3.8) is 0 Å². The van der Waals surface area contributed by atoms with Gasteiger partial charge in [-0.15, -0.1) is 0 Å². The fourth-order valence-corrected chi connectivity index (χ4v) is 1.46. The molecule has 0 radical (unpaired) electrons. The lowest BCUT2D eigenvalue weighted by atomic mass is 10.1. The van der Waals surface area contributed by atoms with Crippen LogP contribution in [0.3, 0.4) is 0 Å². The Kier molecular flexibility index (Phi) is 3.70. The molecule has 1 heterocycles. The molecule has 0 aliphatic carbocycles. The van der Waals surface area contributed by atoms with Gasteiger partial charge in [0.25, 0.3) is 6.43 Å². The highest BCUT2D eigenvalue weighted by Gasteiger charge is 2.17. The number of nitrogens with zero attached hydrogens (tertiary/aromatic N) is 3. The maximum absolute atomic E-state index is 12.5. The normalized spacial score (nSPS) is 9.73. The number of halogens is 3. The second-order valence-corrected chi connectivity index (χ2v) is 3.45. The summed E-state index contributed by atoms with van der Waals surface area (Å²) in [5.41, 5.74) is -0.545. The summed E-state index contributed by atoms with van der Waals surface area (Å²) in [5, 5.41) is 17.0. The van der Waals surface area contributed by atoms with Gasteiger partial charge in [-0.1, -0.05) is 0 Å². The molecule has 0 N–H and O–H groups in total. The molecule has 0 atom stereocenters. The lowest BCUT2D eigenvalue weighted by Gasteiger charge is -2.05. The van der Waals surface area contributed by atoms with Gasteiger partial charge in [-0.05, 0) is 22.0 Å². The minimum Gasteiger partial charge on any atom is -0.248 e.